The van der Waals surface area contributed by atoms with Gasteiger partial charge in [0, 0.05) is 11.5 Å². The van der Waals surface area contributed by atoms with Crippen molar-refractivity contribution in [2.75, 3.05) is 17.7 Å². The minimum absolute atomic E-state index is 0.0913. The Morgan fingerprint density at radius 1 is 1.22 bits per heavy atom. The van der Waals surface area contributed by atoms with Crippen LogP contribution < -0.4 is 10.6 Å². The number of aromatic nitrogens is 2. The lowest BCUT2D eigenvalue weighted by Crippen LogP contribution is -2.04. The van der Waals surface area contributed by atoms with Gasteiger partial charge in [0.1, 0.15) is 5.82 Å². The van der Waals surface area contributed by atoms with Gasteiger partial charge in [0.15, 0.2) is 11.6 Å². The number of nitrogens with zero attached hydrogens (tertiary/aromatic N) is 2. The molecule has 0 aliphatic rings. The molecular formula is C11H9BrF2N4. The highest BCUT2D eigenvalue weighted by atomic mass is 79.9. The molecule has 0 unspecified atom stereocenters. The van der Waals surface area contributed by atoms with Gasteiger partial charge in [-0.05, 0) is 18.2 Å². The van der Waals surface area contributed by atoms with Gasteiger partial charge in [-0.3, -0.25) is 0 Å². The predicted octanol–water partition coefficient (Wildman–Crippen LogP) is 3.30. The summed E-state index contributed by atoms with van der Waals surface area (Å²) in [5.74, 6) is -1.00. The minimum atomic E-state index is -0.659. The normalized spacial score (nSPS) is 10.2. The van der Waals surface area contributed by atoms with Gasteiger partial charge < -0.3 is 10.6 Å². The Morgan fingerprint density at radius 2 is 2.00 bits per heavy atom. The van der Waals surface area contributed by atoms with Crippen LogP contribution in [0.2, 0.25) is 0 Å². The molecule has 0 amide bonds. The number of hydrogen-bond donors (Lipinski definition) is 2. The second kappa shape index (κ2) is 5.26. The molecule has 4 nitrogen and oxygen atoms in total. The summed E-state index contributed by atoms with van der Waals surface area (Å²) in [6, 6.07) is 4.32. The molecule has 0 bridgehead atoms. The van der Waals surface area contributed by atoms with E-state index in [4.69, 9.17) is 0 Å². The van der Waals surface area contributed by atoms with Gasteiger partial charge in [-0.1, -0.05) is 15.9 Å². The van der Waals surface area contributed by atoms with Gasteiger partial charge in [0.25, 0.3) is 0 Å². The van der Waals surface area contributed by atoms with Crippen LogP contribution in [0.15, 0.2) is 28.9 Å². The van der Waals surface area contributed by atoms with Crippen LogP contribution in [0.25, 0.3) is 0 Å². The Kier molecular flexibility index (Phi) is 3.71. The lowest BCUT2D eigenvalue weighted by molar-refractivity contribution is 0.616. The molecule has 0 fully saturated rings. The van der Waals surface area contributed by atoms with E-state index in [1.807, 2.05) is 0 Å². The van der Waals surface area contributed by atoms with E-state index in [2.05, 4.69) is 36.5 Å². The summed E-state index contributed by atoms with van der Waals surface area (Å²) >= 11 is 3.21. The Hall–Kier alpha value is -1.76. The van der Waals surface area contributed by atoms with Crippen molar-refractivity contribution in [3.63, 3.8) is 0 Å². The van der Waals surface area contributed by atoms with E-state index in [1.54, 1.807) is 13.1 Å². The van der Waals surface area contributed by atoms with Gasteiger partial charge in [-0.2, -0.15) is 4.98 Å². The Bertz CT molecular complexity index is 577. The highest BCUT2D eigenvalue weighted by molar-refractivity contribution is 9.10. The molecule has 0 aliphatic carbocycles. The molecule has 0 spiro atoms. The van der Waals surface area contributed by atoms with E-state index < -0.39 is 11.6 Å². The highest BCUT2D eigenvalue weighted by Gasteiger charge is 2.09. The Balaban J connectivity index is 2.36. The summed E-state index contributed by atoms with van der Waals surface area (Å²) in [6.45, 7) is 0. The standard InChI is InChI=1S/C11H9BrF2N4/c1-15-11-16-5-8(14)10(18-11)17-9-4-6(12)2-3-7(9)13/h2-5H,1H3,(H2,15,16,17,18). The fraction of sp³-hybridized carbons (Fsp3) is 0.0909. The Labute approximate surface area is 111 Å². The largest absolute Gasteiger partial charge is 0.357 e. The molecule has 2 aromatic rings. The monoisotopic (exact) mass is 314 g/mol. The van der Waals surface area contributed by atoms with E-state index in [1.165, 1.54) is 12.1 Å². The van der Waals surface area contributed by atoms with Crippen molar-refractivity contribution in [3.05, 3.63) is 40.5 Å². The molecule has 7 heteroatoms. The molecule has 0 radical (unpaired) electrons. The van der Waals surface area contributed by atoms with Crippen molar-refractivity contribution >= 4 is 33.4 Å². The van der Waals surface area contributed by atoms with E-state index in [9.17, 15) is 8.78 Å². The quantitative estimate of drug-likeness (QED) is 0.912. The molecule has 0 aliphatic heterocycles. The number of halogens is 3. The van der Waals surface area contributed by atoms with Crippen LogP contribution >= 0.6 is 15.9 Å². The maximum absolute atomic E-state index is 13.5. The third-order valence-corrected chi connectivity index (χ3v) is 2.64. The summed E-state index contributed by atoms with van der Waals surface area (Å²) in [5.41, 5.74) is 0.129. The average Bonchev–Trinajstić information content (AvgIpc) is 2.36. The Morgan fingerprint density at radius 3 is 2.72 bits per heavy atom. The highest BCUT2D eigenvalue weighted by Crippen LogP contribution is 2.24. The van der Waals surface area contributed by atoms with Crippen LogP contribution in [-0.2, 0) is 0 Å². The SMILES string of the molecule is CNc1ncc(F)c(Nc2cc(Br)ccc2F)n1. The topological polar surface area (TPSA) is 49.8 Å². The molecule has 1 aromatic carbocycles. The van der Waals surface area contributed by atoms with E-state index in [-0.39, 0.29) is 17.5 Å². The molecule has 94 valence electrons. The van der Waals surface area contributed by atoms with Crippen LogP contribution in [0, 0.1) is 11.6 Å². The molecule has 0 saturated heterocycles. The average molecular weight is 315 g/mol. The van der Waals surface area contributed by atoms with Crippen LogP contribution in [-0.4, -0.2) is 17.0 Å². The first-order chi connectivity index (χ1) is 8.60. The molecule has 18 heavy (non-hydrogen) atoms. The first-order valence-electron chi connectivity index (χ1n) is 5.02. The van der Waals surface area contributed by atoms with Crippen molar-refractivity contribution in [2.24, 2.45) is 0 Å². The van der Waals surface area contributed by atoms with Crippen molar-refractivity contribution < 1.29 is 8.78 Å². The smallest absolute Gasteiger partial charge is 0.224 e. The number of hydrogen-bond acceptors (Lipinski definition) is 4. The maximum Gasteiger partial charge on any atom is 0.224 e. The lowest BCUT2D eigenvalue weighted by Gasteiger charge is -2.09. The summed E-state index contributed by atoms with van der Waals surface area (Å²) in [7, 11) is 1.61. The number of rotatable bonds is 3. The zero-order valence-corrected chi connectivity index (χ0v) is 10.9. The summed E-state index contributed by atoms with van der Waals surface area (Å²) in [4.78, 5) is 7.57. The molecule has 0 saturated carbocycles. The van der Waals surface area contributed by atoms with Crippen molar-refractivity contribution in [1.82, 2.24) is 9.97 Å². The number of benzene rings is 1. The first-order valence-corrected chi connectivity index (χ1v) is 5.82. The maximum atomic E-state index is 13.5. The second-order valence-corrected chi connectivity index (χ2v) is 4.30. The van der Waals surface area contributed by atoms with Gasteiger partial charge in [0.2, 0.25) is 5.95 Å². The second-order valence-electron chi connectivity index (χ2n) is 3.39. The molecule has 2 N–H and O–H groups in total. The van der Waals surface area contributed by atoms with Gasteiger partial charge >= 0.3 is 0 Å². The fourth-order valence-corrected chi connectivity index (χ4v) is 1.66. The summed E-state index contributed by atoms with van der Waals surface area (Å²) in [5, 5.41) is 5.26. The van der Waals surface area contributed by atoms with E-state index in [0.717, 1.165) is 6.20 Å². The third-order valence-electron chi connectivity index (χ3n) is 2.15. The number of anilines is 3. The summed E-state index contributed by atoms with van der Waals surface area (Å²) < 4.78 is 27.7. The van der Waals surface area contributed by atoms with Gasteiger partial charge in [-0.15, -0.1) is 0 Å². The van der Waals surface area contributed by atoms with Crippen LogP contribution in [0.4, 0.5) is 26.2 Å². The molecule has 1 aromatic heterocycles. The van der Waals surface area contributed by atoms with Crippen LogP contribution in [0.3, 0.4) is 0 Å². The first kappa shape index (κ1) is 12.7. The van der Waals surface area contributed by atoms with E-state index in [0.29, 0.717) is 4.47 Å². The van der Waals surface area contributed by atoms with Crippen molar-refractivity contribution in [2.45, 2.75) is 0 Å². The van der Waals surface area contributed by atoms with Crippen LogP contribution in [0.5, 0.6) is 0 Å². The summed E-state index contributed by atoms with van der Waals surface area (Å²) in [6.07, 6.45) is 1.01. The van der Waals surface area contributed by atoms with Crippen molar-refractivity contribution in [1.29, 1.82) is 0 Å². The molecule has 0 atom stereocenters. The molecule has 2 rings (SSSR count). The zero-order valence-electron chi connectivity index (χ0n) is 9.34. The zero-order chi connectivity index (χ0) is 13.1. The third kappa shape index (κ3) is 2.73. The van der Waals surface area contributed by atoms with Crippen molar-refractivity contribution in [3.8, 4) is 0 Å². The molecular weight excluding hydrogens is 306 g/mol. The van der Waals surface area contributed by atoms with E-state index >= 15 is 0 Å². The lowest BCUT2D eigenvalue weighted by atomic mass is 10.3. The van der Waals surface area contributed by atoms with Crippen LogP contribution in [0.1, 0.15) is 0 Å². The fourth-order valence-electron chi connectivity index (χ4n) is 1.30. The minimum Gasteiger partial charge on any atom is -0.357 e. The predicted molar refractivity (Wildman–Crippen MR) is 68.9 cm³/mol. The van der Waals surface area contributed by atoms with Gasteiger partial charge in [-0.25, -0.2) is 13.8 Å². The molecule has 1 heterocycles. The number of nitrogens with one attached hydrogen (secondary N) is 2. The van der Waals surface area contributed by atoms with Gasteiger partial charge in [0.05, 0.1) is 11.9 Å².